The van der Waals surface area contributed by atoms with Crippen LogP contribution in [0.1, 0.15) is 18.1 Å². The minimum Gasteiger partial charge on any atom is -0.497 e. The van der Waals surface area contributed by atoms with Crippen LogP contribution in [0, 0.1) is 6.92 Å². The smallest absolute Gasteiger partial charge is 0.203 e. The van der Waals surface area contributed by atoms with E-state index in [-0.39, 0.29) is 0 Å². The molecule has 0 fully saturated rings. The molecule has 0 radical (unpaired) electrons. The lowest BCUT2D eigenvalue weighted by Crippen LogP contribution is -1.99. The van der Waals surface area contributed by atoms with Crippen molar-refractivity contribution in [2.45, 2.75) is 13.8 Å². The number of anilines is 1. The monoisotopic (exact) mass is 337 g/mol. The van der Waals surface area contributed by atoms with Gasteiger partial charge in [0.05, 0.1) is 18.5 Å². The Bertz CT molecular complexity index is 836. The number of ether oxygens (including phenoxy) is 1. The quantitative estimate of drug-likeness (QED) is 0.528. The molecule has 0 unspecified atom stereocenters. The summed E-state index contributed by atoms with van der Waals surface area (Å²) < 4.78 is 5.18. The van der Waals surface area contributed by atoms with Crippen molar-refractivity contribution in [2.24, 2.45) is 5.10 Å². The van der Waals surface area contributed by atoms with Crippen LogP contribution in [-0.2, 0) is 0 Å². The lowest BCUT2D eigenvalue weighted by atomic mass is 10.1. The molecule has 0 spiro atoms. The molecular formula is C19H19N3OS. The molecule has 3 aromatic rings. The largest absolute Gasteiger partial charge is 0.497 e. The van der Waals surface area contributed by atoms with Gasteiger partial charge in [-0.2, -0.15) is 5.10 Å². The van der Waals surface area contributed by atoms with E-state index in [2.05, 4.69) is 46.7 Å². The van der Waals surface area contributed by atoms with Gasteiger partial charge in [-0.25, -0.2) is 4.98 Å². The normalized spacial score (nSPS) is 11.4. The van der Waals surface area contributed by atoms with Crippen molar-refractivity contribution >= 4 is 22.2 Å². The van der Waals surface area contributed by atoms with Crippen LogP contribution >= 0.6 is 11.3 Å². The van der Waals surface area contributed by atoms with Crippen LogP contribution in [0.2, 0.25) is 0 Å². The number of nitrogens with zero attached hydrogens (tertiary/aromatic N) is 2. The Morgan fingerprint density at radius 3 is 2.46 bits per heavy atom. The highest BCUT2D eigenvalue weighted by Gasteiger charge is 2.05. The Hall–Kier alpha value is -2.66. The Morgan fingerprint density at radius 1 is 1.08 bits per heavy atom. The van der Waals surface area contributed by atoms with Crippen molar-refractivity contribution in [1.29, 1.82) is 0 Å². The predicted molar refractivity (Wildman–Crippen MR) is 101 cm³/mol. The fourth-order valence-corrected chi connectivity index (χ4v) is 2.87. The minimum absolute atomic E-state index is 0.771. The second-order valence-electron chi connectivity index (χ2n) is 5.44. The summed E-state index contributed by atoms with van der Waals surface area (Å²) in [5.41, 5.74) is 8.28. The molecule has 0 aliphatic rings. The molecule has 0 saturated carbocycles. The summed E-state index contributed by atoms with van der Waals surface area (Å²) >= 11 is 1.53. The summed E-state index contributed by atoms with van der Waals surface area (Å²) in [6.45, 7) is 4.06. The molecule has 2 aromatic carbocycles. The third kappa shape index (κ3) is 3.81. The summed E-state index contributed by atoms with van der Waals surface area (Å²) in [7, 11) is 1.66. The van der Waals surface area contributed by atoms with Crippen LogP contribution in [-0.4, -0.2) is 17.8 Å². The van der Waals surface area contributed by atoms with Crippen LogP contribution < -0.4 is 10.2 Å². The molecule has 0 amide bonds. The van der Waals surface area contributed by atoms with Gasteiger partial charge in [0, 0.05) is 10.9 Å². The number of rotatable bonds is 5. The number of aromatic nitrogens is 1. The average molecular weight is 337 g/mol. The third-order valence-corrected chi connectivity index (χ3v) is 4.43. The van der Waals surface area contributed by atoms with E-state index >= 15 is 0 Å². The first kappa shape index (κ1) is 16.2. The topological polar surface area (TPSA) is 46.5 Å². The standard InChI is InChI=1S/C19H19N3OS/c1-13-4-6-15(7-5-13)14(2)21-22-19-20-18(12-24-19)16-8-10-17(23-3)11-9-16/h4-12H,1-3H3,(H,20,22)/b21-14+. The highest BCUT2D eigenvalue weighted by molar-refractivity contribution is 7.14. The van der Waals surface area contributed by atoms with Gasteiger partial charge >= 0.3 is 0 Å². The first-order valence-electron chi connectivity index (χ1n) is 7.63. The number of hydrogen-bond donors (Lipinski definition) is 1. The molecule has 0 aliphatic carbocycles. The van der Waals surface area contributed by atoms with E-state index in [1.54, 1.807) is 7.11 Å². The summed E-state index contributed by atoms with van der Waals surface area (Å²) in [6.07, 6.45) is 0. The lowest BCUT2D eigenvalue weighted by Gasteiger charge is -2.02. The second-order valence-corrected chi connectivity index (χ2v) is 6.30. The molecule has 3 rings (SSSR count). The molecule has 5 heteroatoms. The fourth-order valence-electron chi connectivity index (χ4n) is 2.21. The highest BCUT2D eigenvalue weighted by Crippen LogP contribution is 2.26. The zero-order valence-electron chi connectivity index (χ0n) is 13.9. The first-order chi connectivity index (χ1) is 11.7. The minimum atomic E-state index is 0.771. The molecule has 4 nitrogen and oxygen atoms in total. The number of hydrogen-bond acceptors (Lipinski definition) is 5. The summed E-state index contributed by atoms with van der Waals surface area (Å²) in [5, 5.41) is 7.21. The number of benzene rings is 2. The third-order valence-electron chi connectivity index (χ3n) is 3.68. The van der Waals surface area contributed by atoms with Crippen molar-refractivity contribution in [3.8, 4) is 17.0 Å². The Kier molecular flexibility index (Phi) is 4.91. The molecule has 0 saturated heterocycles. The van der Waals surface area contributed by atoms with E-state index in [4.69, 9.17) is 4.74 Å². The van der Waals surface area contributed by atoms with E-state index in [9.17, 15) is 0 Å². The zero-order valence-corrected chi connectivity index (χ0v) is 14.7. The maximum absolute atomic E-state index is 5.18. The van der Waals surface area contributed by atoms with Crippen molar-refractivity contribution in [1.82, 2.24) is 4.98 Å². The van der Waals surface area contributed by atoms with Gasteiger partial charge in [0.15, 0.2) is 0 Å². The SMILES string of the molecule is COc1ccc(-c2csc(N/N=C(\C)c3ccc(C)cc3)n2)cc1. The Balaban J connectivity index is 1.71. The number of aryl methyl sites for hydroxylation is 1. The number of thiazole rings is 1. The van der Waals surface area contributed by atoms with Crippen LogP contribution in [0.25, 0.3) is 11.3 Å². The van der Waals surface area contributed by atoms with E-state index in [0.29, 0.717) is 0 Å². The van der Waals surface area contributed by atoms with Crippen molar-refractivity contribution < 1.29 is 4.74 Å². The Morgan fingerprint density at radius 2 is 1.79 bits per heavy atom. The maximum atomic E-state index is 5.18. The van der Waals surface area contributed by atoms with Gasteiger partial charge in [0.25, 0.3) is 0 Å². The predicted octanol–water partition coefficient (Wildman–Crippen LogP) is 4.96. The molecule has 1 heterocycles. The fraction of sp³-hybridized carbons (Fsp3) is 0.158. The van der Waals surface area contributed by atoms with Crippen molar-refractivity contribution in [2.75, 3.05) is 12.5 Å². The first-order valence-corrected chi connectivity index (χ1v) is 8.51. The second kappa shape index (κ2) is 7.27. The van der Waals surface area contributed by atoms with Crippen molar-refractivity contribution in [3.05, 3.63) is 65.0 Å². The van der Waals surface area contributed by atoms with Crippen LogP contribution in [0.4, 0.5) is 5.13 Å². The zero-order chi connectivity index (χ0) is 16.9. The Labute approximate surface area is 145 Å². The summed E-state index contributed by atoms with van der Waals surface area (Å²) in [5.74, 6) is 0.839. The van der Waals surface area contributed by atoms with E-state index < -0.39 is 0 Å². The van der Waals surface area contributed by atoms with E-state index in [0.717, 1.165) is 33.4 Å². The molecule has 1 N–H and O–H groups in total. The van der Waals surface area contributed by atoms with Gasteiger partial charge in [0.2, 0.25) is 5.13 Å². The summed E-state index contributed by atoms with van der Waals surface area (Å²) in [6, 6.07) is 16.2. The lowest BCUT2D eigenvalue weighted by molar-refractivity contribution is 0.415. The molecule has 0 atom stereocenters. The molecule has 24 heavy (non-hydrogen) atoms. The van der Waals surface area contributed by atoms with Gasteiger partial charge in [-0.3, -0.25) is 5.43 Å². The van der Waals surface area contributed by atoms with Gasteiger partial charge < -0.3 is 4.74 Å². The molecule has 122 valence electrons. The van der Waals surface area contributed by atoms with E-state index in [1.165, 1.54) is 16.9 Å². The number of nitrogens with one attached hydrogen (secondary N) is 1. The molecule has 0 bridgehead atoms. The van der Waals surface area contributed by atoms with Gasteiger partial charge in [-0.1, -0.05) is 29.8 Å². The molecule has 1 aromatic heterocycles. The maximum Gasteiger partial charge on any atom is 0.203 e. The van der Waals surface area contributed by atoms with Crippen LogP contribution in [0.5, 0.6) is 5.75 Å². The molecule has 0 aliphatic heterocycles. The van der Waals surface area contributed by atoms with Crippen LogP contribution in [0.15, 0.2) is 59.0 Å². The summed E-state index contributed by atoms with van der Waals surface area (Å²) in [4.78, 5) is 4.58. The number of methoxy groups -OCH3 is 1. The molecular weight excluding hydrogens is 318 g/mol. The number of hydrazone groups is 1. The van der Waals surface area contributed by atoms with Crippen molar-refractivity contribution in [3.63, 3.8) is 0 Å². The van der Waals surface area contributed by atoms with E-state index in [1.807, 2.05) is 36.6 Å². The highest BCUT2D eigenvalue weighted by atomic mass is 32.1. The van der Waals surface area contributed by atoms with Gasteiger partial charge in [-0.15, -0.1) is 11.3 Å². The average Bonchev–Trinajstić information content (AvgIpc) is 3.09. The van der Waals surface area contributed by atoms with Gasteiger partial charge in [-0.05, 0) is 43.7 Å². The van der Waals surface area contributed by atoms with Crippen LogP contribution in [0.3, 0.4) is 0 Å². The van der Waals surface area contributed by atoms with Gasteiger partial charge in [0.1, 0.15) is 5.75 Å².